The predicted octanol–water partition coefficient (Wildman–Crippen LogP) is 1.70. The molecule has 2 N–H and O–H groups in total. The lowest BCUT2D eigenvalue weighted by molar-refractivity contribution is 0.0519. The topological polar surface area (TPSA) is 93.9 Å². The maximum Gasteiger partial charge on any atom is 0.361 e. The van der Waals surface area contributed by atoms with Crippen molar-refractivity contribution in [1.82, 2.24) is 9.78 Å². The van der Waals surface area contributed by atoms with Gasteiger partial charge in [0.1, 0.15) is 5.82 Å². The Kier molecular flexibility index (Phi) is 4.18. The zero-order chi connectivity index (χ0) is 15.4. The second kappa shape index (κ2) is 6.05. The number of halogens is 1. The summed E-state index contributed by atoms with van der Waals surface area (Å²) < 4.78 is 20.0. The fourth-order valence-corrected chi connectivity index (χ4v) is 1.80. The molecule has 2 aromatic rings. The van der Waals surface area contributed by atoms with Gasteiger partial charge in [-0.2, -0.15) is 10.4 Å². The van der Waals surface area contributed by atoms with Crippen LogP contribution >= 0.6 is 0 Å². The molecule has 2 rings (SSSR count). The molecule has 0 atom stereocenters. The Labute approximate surface area is 120 Å². The summed E-state index contributed by atoms with van der Waals surface area (Å²) in [4.78, 5) is 11.6. The molecule has 0 unspecified atom stereocenters. The largest absolute Gasteiger partial charge is 0.461 e. The average molecular weight is 288 g/mol. The van der Waals surface area contributed by atoms with Gasteiger partial charge in [-0.05, 0) is 19.1 Å². The minimum atomic E-state index is -0.617. The van der Waals surface area contributed by atoms with Gasteiger partial charge >= 0.3 is 5.97 Å². The number of rotatable bonds is 4. The number of carbonyl (C=O) groups excluding carboxylic acids is 1. The number of nitriles is 1. The van der Waals surface area contributed by atoms with Gasteiger partial charge in [0.2, 0.25) is 0 Å². The lowest BCUT2D eigenvalue weighted by Crippen LogP contribution is -2.09. The fraction of sp³-hybridized carbons (Fsp3) is 0.214. The van der Waals surface area contributed by atoms with E-state index in [1.807, 2.05) is 6.07 Å². The Morgan fingerprint density at radius 1 is 1.57 bits per heavy atom. The first kappa shape index (κ1) is 14.5. The van der Waals surface area contributed by atoms with Crippen LogP contribution in [0.25, 0.3) is 0 Å². The maximum atomic E-state index is 13.8. The Hall–Kier alpha value is -2.88. The van der Waals surface area contributed by atoms with Gasteiger partial charge < -0.3 is 10.5 Å². The second-order valence-corrected chi connectivity index (χ2v) is 4.27. The van der Waals surface area contributed by atoms with Crippen molar-refractivity contribution in [1.29, 1.82) is 5.26 Å². The smallest absolute Gasteiger partial charge is 0.361 e. The van der Waals surface area contributed by atoms with Crippen LogP contribution in [0, 0.1) is 17.1 Å². The highest BCUT2D eigenvalue weighted by Gasteiger charge is 2.16. The van der Waals surface area contributed by atoms with Crippen molar-refractivity contribution < 1.29 is 13.9 Å². The number of hydrogen-bond donors (Lipinski definition) is 1. The standard InChI is InChI=1S/C14H13FN4O2/c1-2-21-14(20)13-12(17)8-19(18-13)7-10-4-3-9(6-16)5-11(10)15/h3-5,8H,2,7,17H2,1H3. The zero-order valence-electron chi connectivity index (χ0n) is 11.3. The van der Waals surface area contributed by atoms with Crippen molar-refractivity contribution in [2.45, 2.75) is 13.5 Å². The van der Waals surface area contributed by atoms with Crippen molar-refractivity contribution in [3.8, 4) is 6.07 Å². The van der Waals surface area contributed by atoms with Gasteiger partial charge in [-0.3, -0.25) is 4.68 Å². The number of nitrogen functional groups attached to an aromatic ring is 1. The van der Waals surface area contributed by atoms with E-state index in [1.54, 1.807) is 6.92 Å². The van der Waals surface area contributed by atoms with E-state index in [0.29, 0.717) is 5.56 Å². The summed E-state index contributed by atoms with van der Waals surface area (Å²) in [6, 6.07) is 6.01. The van der Waals surface area contributed by atoms with E-state index in [1.165, 1.54) is 23.0 Å². The van der Waals surface area contributed by atoms with Gasteiger partial charge in [0.25, 0.3) is 0 Å². The molecule has 6 nitrogen and oxygen atoms in total. The van der Waals surface area contributed by atoms with E-state index in [2.05, 4.69) is 5.10 Å². The van der Waals surface area contributed by atoms with Gasteiger partial charge in [-0.15, -0.1) is 0 Å². The molecule has 7 heteroatoms. The van der Waals surface area contributed by atoms with Gasteiger partial charge in [0.15, 0.2) is 5.69 Å². The van der Waals surface area contributed by atoms with Crippen LogP contribution in [0.3, 0.4) is 0 Å². The first-order valence-corrected chi connectivity index (χ1v) is 6.23. The minimum absolute atomic E-state index is 0.00547. The SMILES string of the molecule is CCOC(=O)c1nn(Cc2ccc(C#N)cc2F)cc1N. The van der Waals surface area contributed by atoms with Crippen LogP contribution in [0.4, 0.5) is 10.1 Å². The van der Waals surface area contributed by atoms with Crippen molar-refractivity contribution in [3.05, 3.63) is 47.0 Å². The molecule has 0 saturated carbocycles. The number of anilines is 1. The van der Waals surface area contributed by atoms with Crippen molar-refractivity contribution >= 4 is 11.7 Å². The second-order valence-electron chi connectivity index (χ2n) is 4.27. The Morgan fingerprint density at radius 2 is 2.33 bits per heavy atom. The average Bonchev–Trinajstić information content (AvgIpc) is 2.82. The van der Waals surface area contributed by atoms with Crippen molar-refractivity contribution in [3.63, 3.8) is 0 Å². The van der Waals surface area contributed by atoms with Gasteiger partial charge in [0, 0.05) is 11.8 Å². The van der Waals surface area contributed by atoms with Crippen molar-refractivity contribution in [2.24, 2.45) is 0 Å². The maximum absolute atomic E-state index is 13.8. The van der Waals surface area contributed by atoms with Gasteiger partial charge in [-0.1, -0.05) is 6.07 Å². The molecule has 0 spiro atoms. The molecule has 0 aliphatic heterocycles. The Bertz CT molecular complexity index is 718. The van der Waals surface area contributed by atoms with E-state index in [-0.39, 0.29) is 30.1 Å². The molecule has 0 radical (unpaired) electrons. The lowest BCUT2D eigenvalue weighted by Gasteiger charge is -2.03. The van der Waals surface area contributed by atoms with Crippen LogP contribution in [0.2, 0.25) is 0 Å². The van der Waals surface area contributed by atoms with Crippen LogP contribution in [0.5, 0.6) is 0 Å². The highest BCUT2D eigenvalue weighted by atomic mass is 19.1. The molecule has 1 heterocycles. The third-order valence-electron chi connectivity index (χ3n) is 2.77. The molecule has 0 bridgehead atoms. The molecule has 0 saturated heterocycles. The number of carbonyl (C=O) groups is 1. The molecule has 0 amide bonds. The summed E-state index contributed by atoms with van der Waals surface area (Å²) >= 11 is 0. The number of aromatic nitrogens is 2. The van der Waals surface area contributed by atoms with Crippen LogP contribution in [-0.2, 0) is 11.3 Å². The van der Waals surface area contributed by atoms with E-state index < -0.39 is 11.8 Å². The number of hydrogen-bond acceptors (Lipinski definition) is 5. The summed E-state index contributed by atoms with van der Waals surface area (Å²) in [5.74, 6) is -1.13. The number of benzene rings is 1. The normalized spacial score (nSPS) is 10.1. The van der Waals surface area contributed by atoms with E-state index in [0.717, 1.165) is 6.07 Å². The highest BCUT2D eigenvalue weighted by Crippen LogP contribution is 2.15. The van der Waals surface area contributed by atoms with Crippen LogP contribution in [0.1, 0.15) is 28.5 Å². The molecule has 108 valence electrons. The van der Waals surface area contributed by atoms with E-state index in [4.69, 9.17) is 15.7 Å². The summed E-state index contributed by atoms with van der Waals surface area (Å²) in [5.41, 5.74) is 6.44. The summed E-state index contributed by atoms with van der Waals surface area (Å²) in [5, 5.41) is 12.7. The van der Waals surface area contributed by atoms with E-state index in [9.17, 15) is 9.18 Å². The Morgan fingerprint density at radius 3 is 2.95 bits per heavy atom. The number of esters is 1. The monoisotopic (exact) mass is 288 g/mol. The third kappa shape index (κ3) is 3.17. The number of ether oxygens (including phenoxy) is 1. The molecule has 0 aliphatic rings. The molecule has 0 aliphatic carbocycles. The van der Waals surface area contributed by atoms with E-state index >= 15 is 0 Å². The molecule has 1 aromatic carbocycles. The summed E-state index contributed by atoms with van der Waals surface area (Å²) in [6.45, 7) is 1.99. The molecular formula is C14H13FN4O2. The third-order valence-corrected chi connectivity index (χ3v) is 2.77. The molecule has 0 fully saturated rings. The Balaban J connectivity index is 2.23. The minimum Gasteiger partial charge on any atom is -0.461 e. The summed E-state index contributed by atoms with van der Waals surface area (Å²) in [6.07, 6.45) is 1.43. The quantitative estimate of drug-likeness (QED) is 0.864. The fourth-order valence-electron chi connectivity index (χ4n) is 1.80. The first-order chi connectivity index (χ1) is 10.0. The highest BCUT2D eigenvalue weighted by molar-refractivity contribution is 5.92. The molecule has 1 aromatic heterocycles. The summed E-state index contributed by atoms with van der Waals surface area (Å²) in [7, 11) is 0. The molecular weight excluding hydrogens is 275 g/mol. The number of nitrogens with two attached hydrogens (primary N) is 1. The van der Waals surface area contributed by atoms with Crippen molar-refractivity contribution in [2.75, 3.05) is 12.3 Å². The first-order valence-electron chi connectivity index (χ1n) is 6.23. The lowest BCUT2D eigenvalue weighted by atomic mass is 10.1. The zero-order valence-corrected chi connectivity index (χ0v) is 11.3. The number of nitrogens with zero attached hydrogens (tertiary/aromatic N) is 3. The van der Waals surface area contributed by atoms with Gasteiger partial charge in [-0.25, -0.2) is 9.18 Å². The predicted molar refractivity (Wildman–Crippen MR) is 72.8 cm³/mol. The van der Waals surface area contributed by atoms with Gasteiger partial charge in [0.05, 0.1) is 30.5 Å². The van der Waals surface area contributed by atoms with Crippen LogP contribution < -0.4 is 5.73 Å². The molecule has 21 heavy (non-hydrogen) atoms. The van der Waals surface area contributed by atoms with Crippen LogP contribution in [-0.4, -0.2) is 22.4 Å². The van der Waals surface area contributed by atoms with Crippen LogP contribution in [0.15, 0.2) is 24.4 Å².